The van der Waals surface area contributed by atoms with Crippen molar-refractivity contribution in [1.29, 1.82) is 0 Å². The van der Waals surface area contributed by atoms with Crippen LogP contribution in [0.25, 0.3) is 0 Å². The van der Waals surface area contributed by atoms with E-state index in [0.717, 1.165) is 12.0 Å². The van der Waals surface area contributed by atoms with Gasteiger partial charge in [-0.05, 0) is 51.2 Å². The van der Waals surface area contributed by atoms with Gasteiger partial charge in [-0.2, -0.15) is 0 Å². The first-order valence-electron chi connectivity index (χ1n) is 7.44. The molecule has 1 nitrogen and oxygen atoms in total. The van der Waals surface area contributed by atoms with Crippen molar-refractivity contribution in [3.8, 4) is 0 Å². The maximum Gasteiger partial charge on any atom is 0.0305 e. The van der Waals surface area contributed by atoms with Crippen LogP contribution in [0.1, 0.15) is 67.3 Å². The topological polar surface area (TPSA) is 12.0 Å². The van der Waals surface area contributed by atoms with Crippen molar-refractivity contribution < 1.29 is 0 Å². The first kappa shape index (κ1) is 14.1. The molecule has 0 aromatic carbocycles. The molecule has 1 aliphatic carbocycles. The molecular weight excluding hydrogens is 238 g/mol. The quantitative estimate of drug-likeness (QED) is 0.809. The van der Waals surface area contributed by atoms with Crippen molar-refractivity contribution in [2.75, 3.05) is 0 Å². The fourth-order valence-electron chi connectivity index (χ4n) is 3.41. The Balaban J connectivity index is 2.01. The van der Waals surface area contributed by atoms with Gasteiger partial charge in [-0.25, -0.2) is 0 Å². The molecule has 1 saturated carbocycles. The van der Waals surface area contributed by atoms with Gasteiger partial charge in [-0.15, -0.1) is 11.3 Å². The number of nitrogens with one attached hydrogen (secondary N) is 1. The van der Waals surface area contributed by atoms with Gasteiger partial charge in [-0.1, -0.05) is 26.2 Å². The summed E-state index contributed by atoms with van der Waals surface area (Å²) in [6.45, 7) is 9.14. The molecule has 1 N–H and O–H groups in total. The molecule has 2 rings (SSSR count). The maximum atomic E-state index is 3.90. The summed E-state index contributed by atoms with van der Waals surface area (Å²) in [5, 5.41) is 3.90. The molecule has 0 saturated heterocycles. The van der Waals surface area contributed by atoms with Gasteiger partial charge in [0.1, 0.15) is 0 Å². The largest absolute Gasteiger partial charge is 0.307 e. The Hall–Kier alpha value is -0.340. The van der Waals surface area contributed by atoms with Crippen molar-refractivity contribution >= 4 is 11.3 Å². The van der Waals surface area contributed by atoms with Crippen LogP contribution in [-0.4, -0.2) is 6.04 Å². The van der Waals surface area contributed by atoms with Gasteiger partial charge in [0.25, 0.3) is 0 Å². The Bertz CT molecular complexity index is 382. The minimum Gasteiger partial charge on any atom is -0.307 e. The Labute approximate surface area is 116 Å². The smallest absolute Gasteiger partial charge is 0.0305 e. The average molecular weight is 265 g/mol. The predicted molar refractivity (Wildman–Crippen MR) is 81.4 cm³/mol. The average Bonchev–Trinajstić information content (AvgIpc) is 2.69. The molecule has 1 heterocycles. The molecule has 18 heavy (non-hydrogen) atoms. The number of hydrogen-bond donors (Lipinski definition) is 1. The van der Waals surface area contributed by atoms with Crippen molar-refractivity contribution in [3.63, 3.8) is 0 Å². The fourth-order valence-corrected chi connectivity index (χ4v) is 4.43. The van der Waals surface area contributed by atoms with E-state index in [0.29, 0.717) is 6.04 Å². The second kappa shape index (κ2) is 6.21. The zero-order chi connectivity index (χ0) is 13.1. The minimum atomic E-state index is 0.507. The molecule has 3 unspecified atom stereocenters. The molecule has 1 aromatic heterocycles. The van der Waals surface area contributed by atoms with E-state index in [9.17, 15) is 0 Å². The van der Waals surface area contributed by atoms with Crippen LogP contribution in [0.2, 0.25) is 0 Å². The summed E-state index contributed by atoms with van der Waals surface area (Å²) in [7, 11) is 0. The lowest BCUT2D eigenvalue weighted by molar-refractivity contribution is 0.240. The Morgan fingerprint density at radius 3 is 2.67 bits per heavy atom. The molecule has 0 spiro atoms. The molecule has 1 aliphatic rings. The summed E-state index contributed by atoms with van der Waals surface area (Å²) in [5.74, 6) is 0.890. The summed E-state index contributed by atoms with van der Waals surface area (Å²) in [6.07, 6.45) is 6.95. The van der Waals surface area contributed by atoms with Crippen LogP contribution in [-0.2, 0) is 0 Å². The third-order valence-corrected chi connectivity index (χ3v) is 5.43. The molecule has 1 aromatic rings. The monoisotopic (exact) mass is 265 g/mol. The SMILES string of the molecule is CCC1CCCCC1NC(C)c1cc(C)sc1C. The molecule has 0 radical (unpaired) electrons. The minimum absolute atomic E-state index is 0.507. The van der Waals surface area contributed by atoms with E-state index in [2.05, 4.69) is 39.1 Å². The molecule has 0 amide bonds. The van der Waals surface area contributed by atoms with Crippen LogP contribution in [0.5, 0.6) is 0 Å². The van der Waals surface area contributed by atoms with E-state index in [-0.39, 0.29) is 0 Å². The molecule has 102 valence electrons. The lowest BCUT2D eigenvalue weighted by atomic mass is 9.82. The van der Waals surface area contributed by atoms with Crippen molar-refractivity contribution in [1.82, 2.24) is 5.32 Å². The van der Waals surface area contributed by atoms with Crippen LogP contribution >= 0.6 is 11.3 Å². The second-order valence-corrected chi connectivity index (χ2v) is 7.28. The fraction of sp³-hybridized carbons (Fsp3) is 0.750. The van der Waals surface area contributed by atoms with Gasteiger partial charge in [0, 0.05) is 21.8 Å². The van der Waals surface area contributed by atoms with E-state index in [1.165, 1.54) is 47.4 Å². The first-order chi connectivity index (χ1) is 8.61. The van der Waals surface area contributed by atoms with E-state index in [1.807, 2.05) is 11.3 Å². The highest BCUT2D eigenvalue weighted by atomic mass is 32.1. The van der Waals surface area contributed by atoms with Crippen LogP contribution in [0.4, 0.5) is 0 Å². The van der Waals surface area contributed by atoms with Crippen molar-refractivity contribution in [2.45, 2.75) is 71.9 Å². The van der Waals surface area contributed by atoms with Crippen LogP contribution in [0.3, 0.4) is 0 Å². The van der Waals surface area contributed by atoms with Crippen LogP contribution in [0, 0.1) is 19.8 Å². The molecule has 3 atom stereocenters. The summed E-state index contributed by atoms with van der Waals surface area (Å²) in [4.78, 5) is 2.92. The molecule has 0 bridgehead atoms. The van der Waals surface area contributed by atoms with Crippen molar-refractivity contribution in [3.05, 3.63) is 21.4 Å². The zero-order valence-electron chi connectivity index (χ0n) is 12.3. The number of thiophene rings is 1. The predicted octanol–water partition coefficient (Wildman–Crippen LogP) is 4.98. The number of rotatable bonds is 4. The normalized spacial score (nSPS) is 26.2. The Morgan fingerprint density at radius 2 is 2.06 bits per heavy atom. The van der Waals surface area contributed by atoms with E-state index >= 15 is 0 Å². The molecule has 2 heteroatoms. The maximum absolute atomic E-state index is 3.90. The third kappa shape index (κ3) is 3.16. The number of hydrogen-bond acceptors (Lipinski definition) is 2. The van der Waals surface area contributed by atoms with Crippen LogP contribution < -0.4 is 5.32 Å². The lowest BCUT2D eigenvalue weighted by Gasteiger charge is -2.34. The summed E-state index contributed by atoms with van der Waals surface area (Å²) >= 11 is 1.93. The van der Waals surface area contributed by atoms with Crippen LogP contribution in [0.15, 0.2) is 6.07 Å². The Kier molecular flexibility index (Phi) is 4.85. The highest BCUT2D eigenvalue weighted by molar-refractivity contribution is 7.12. The van der Waals surface area contributed by atoms with E-state index in [4.69, 9.17) is 0 Å². The first-order valence-corrected chi connectivity index (χ1v) is 8.26. The molecule has 1 fully saturated rings. The highest BCUT2D eigenvalue weighted by Crippen LogP contribution is 2.31. The van der Waals surface area contributed by atoms with Gasteiger partial charge in [0.15, 0.2) is 0 Å². The lowest BCUT2D eigenvalue weighted by Crippen LogP contribution is -2.39. The third-order valence-electron chi connectivity index (χ3n) is 4.44. The van der Waals surface area contributed by atoms with E-state index < -0.39 is 0 Å². The van der Waals surface area contributed by atoms with Gasteiger partial charge in [-0.3, -0.25) is 0 Å². The number of aryl methyl sites for hydroxylation is 2. The molecular formula is C16H27NS. The van der Waals surface area contributed by atoms with Gasteiger partial charge < -0.3 is 5.32 Å². The summed E-state index contributed by atoms with van der Waals surface area (Å²) in [6, 6.07) is 3.60. The summed E-state index contributed by atoms with van der Waals surface area (Å²) < 4.78 is 0. The Morgan fingerprint density at radius 1 is 1.33 bits per heavy atom. The van der Waals surface area contributed by atoms with Crippen molar-refractivity contribution in [2.24, 2.45) is 5.92 Å². The molecule has 0 aliphatic heterocycles. The van der Waals surface area contributed by atoms with Gasteiger partial charge in [0.05, 0.1) is 0 Å². The summed E-state index contributed by atoms with van der Waals surface area (Å²) in [5.41, 5.74) is 1.51. The second-order valence-electron chi connectivity index (χ2n) is 5.82. The van der Waals surface area contributed by atoms with Gasteiger partial charge >= 0.3 is 0 Å². The van der Waals surface area contributed by atoms with Gasteiger partial charge in [0.2, 0.25) is 0 Å². The standard InChI is InChI=1S/C16H27NS/c1-5-14-8-6-7-9-16(14)17-12(3)15-10-11(2)18-13(15)4/h10,12,14,16-17H,5-9H2,1-4H3. The zero-order valence-corrected chi connectivity index (χ0v) is 13.1. The van der Waals surface area contributed by atoms with E-state index in [1.54, 1.807) is 0 Å². The highest BCUT2D eigenvalue weighted by Gasteiger charge is 2.25.